The summed E-state index contributed by atoms with van der Waals surface area (Å²) >= 11 is 0. The molecule has 3 aliphatic rings. The van der Waals surface area contributed by atoms with Crippen LogP contribution in [0.4, 0.5) is 10.1 Å². The molecule has 3 fully saturated rings. The number of ether oxygens (including phenoxy) is 2. The minimum Gasteiger partial charge on any atom is -0.493 e. The molecule has 2 aromatic carbocycles. The van der Waals surface area contributed by atoms with Crippen molar-refractivity contribution in [1.29, 1.82) is 0 Å². The van der Waals surface area contributed by atoms with Gasteiger partial charge in [-0.1, -0.05) is 37.1 Å². The summed E-state index contributed by atoms with van der Waals surface area (Å²) in [6, 6.07) is 14.7. The van der Waals surface area contributed by atoms with E-state index >= 15 is 0 Å². The summed E-state index contributed by atoms with van der Waals surface area (Å²) < 4.78 is 25.8. The summed E-state index contributed by atoms with van der Waals surface area (Å²) in [4.78, 5) is 23.2. The van der Waals surface area contributed by atoms with Crippen molar-refractivity contribution < 1.29 is 23.8 Å². The third-order valence-electron chi connectivity index (χ3n) is 10.5. The molecular weight excluding hydrogens is 605 g/mol. The van der Waals surface area contributed by atoms with Crippen LogP contribution in [0, 0.1) is 18.2 Å². The molecule has 6 rings (SSSR count). The molecule has 3 heterocycles. The maximum atomic E-state index is 13.3. The van der Waals surface area contributed by atoms with E-state index in [1.54, 1.807) is 12.1 Å². The first kappa shape index (κ1) is 34.4. The Labute approximate surface area is 285 Å². The number of pyridine rings is 1. The van der Waals surface area contributed by atoms with Crippen molar-refractivity contribution in [3.63, 3.8) is 0 Å². The molecular formula is C40H52FN3O4. The van der Waals surface area contributed by atoms with Crippen molar-refractivity contribution >= 4 is 11.7 Å². The molecule has 48 heavy (non-hydrogen) atoms. The first-order valence-electron chi connectivity index (χ1n) is 17.9. The quantitative estimate of drug-likeness (QED) is 0.222. The number of carboxylic acid groups (broad SMARTS) is 1. The third kappa shape index (κ3) is 8.03. The molecule has 7 nitrogen and oxygen atoms in total. The molecule has 2 aliphatic heterocycles. The van der Waals surface area contributed by atoms with E-state index in [1.807, 2.05) is 39.8 Å². The number of hydrogen-bond donors (Lipinski definition) is 1. The van der Waals surface area contributed by atoms with E-state index in [0.717, 1.165) is 85.1 Å². The lowest BCUT2D eigenvalue weighted by Gasteiger charge is -2.49. The summed E-state index contributed by atoms with van der Waals surface area (Å²) in [7, 11) is 0. The molecule has 258 valence electrons. The maximum absolute atomic E-state index is 13.3. The average molecular weight is 658 g/mol. The molecule has 1 spiro atoms. The zero-order valence-electron chi connectivity index (χ0n) is 29.2. The number of anilines is 1. The van der Waals surface area contributed by atoms with Crippen molar-refractivity contribution in [2.45, 2.75) is 104 Å². The molecule has 0 bridgehead atoms. The number of aliphatic carboxylic acids is 1. The van der Waals surface area contributed by atoms with Gasteiger partial charge in [0.1, 0.15) is 11.6 Å². The Kier molecular flexibility index (Phi) is 10.4. The molecule has 3 aromatic rings. The fourth-order valence-electron chi connectivity index (χ4n) is 7.77. The van der Waals surface area contributed by atoms with Gasteiger partial charge < -0.3 is 19.5 Å². The lowest BCUT2D eigenvalue weighted by molar-refractivity contribution is -0.160. The lowest BCUT2D eigenvalue weighted by atomic mass is 9.63. The van der Waals surface area contributed by atoms with Gasteiger partial charge in [-0.3, -0.25) is 9.88 Å². The Morgan fingerprint density at radius 2 is 1.60 bits per heavy atom. The minimum absolute atomic E-state index is 0.241. The van der Waals surface area contributed by atoms with Gasteiger partial charge in [-0.2, -0.15) is 0 Å². The van der Waals surface area contributed by atoms with E-state index < -0.39 is 17.7 Å². The van der Waals surface area contributed by atoms with Gasteiger partial charge in [-0.15, -0.1) is 0 Å². The van der Waals surface area contributed by atoms with E-state index in [9.17, 15) is 14.3 Å². The van der Waals surface area contributed by atoms with Crippen molar-refractivity contribution in [3.8, 4) is 16.9 Å². The Morgan fingerprint density at radius 3 is 2.19 bits per heavy atom. The van der Waals surface area contributed by atoms with Gasteiger partial charge >= 0.3 is 5.97 Å². The number of piperidine rings is 2. The summed E-state index contributed by atoms with van der Waals surface area (Å²) in [6.07, 6.45) is 9.28. The number of benzene rings is 2. The standard InChI is InChI=1S/C40H52FN3O4/c1-28-34(37(38(45)46)48-39(2,3)4)36(44-24-20-40(21-25-44)18-8-19-40)35(33(42-28)27-43-22-6-5-7-23-43)30-11-15-32(16-12-30)47-26-17-29-9-13-31(41)14-10-29/h9-16,37H,5-8,17-27H2,1-4H3,(H,45,46). The predicted molar refractivity (Wildman–Crippen MR) is 188 cm³/mol. The number of rotatable bonds is 11. The first-order chi connectivity index (χ1) is 23.0. The Morgan fingerprint density at radius 1 is 0.938 bits per heavy atom. The number of carboxylic acids is 1. The van der Waals surface area contributed by atoms with Crippen LogP contribution in [-0.2, 0) is 22.5 Å². The number of nitrogens with zero attached hydrogens (tertiary/aromatic N) is 3. The highest BCUT2D eigenvalue weighted by molar-refractivity contribution is 5.88. The summed E-state index contributed by atoms with van der Waals surface area (Å²) in [5.74, 6) is -0.484. The second-order valence-corrected chi connectivity index (χ2v) is 15.2. The molecule has 1 aromatic heterocycles. The van der Waals surface area contributed by atoms with Gasteiger partial charge in [-0.05, 0) is 120 Å². The molecule has 2 saturated heterocycles. The Balaban J connectivity index is 1.41. The number of halogens is 1. The SMILES string of the molecule is Cc1nc(CN2CCCCC2)c(-c2ccc(OCCc3ccc(F)cc3)cc2)c(N2CCC3(CCC3)CC2)c1C(OC(C)(C)C)C(=O)O. The van der Waals surface area contributed by atoms with Gasteiger partial charge in [0.25, 0.3) is 0 Å². The van der Waals surface area contributed by atoms with Crippen LogP contribution in [0.15, 0.2) is 48.5 Å². The lowest BCUT2D eigenvalue weighted by Crippen LogP contribution is -2.44. The molecule has 0 radical (unpaired) electrons. The van der Waals surface area contributed by atoms with Crippen molar-refractivity contribution in [1.82, 2.24) is 9.88 Å². The van der Waals surface area contributed by atoms with Gasteiger partial charge in [0.05, 0.1) is 23.6 Å². The normalized spacial score (nSPS) is 18.8. The molecule has 1 aliphatic carbocycles. The highest BCUT2D eigenvalue weighted by Crippen LogP contribution is 2.51. The summed E-state index contributed by atoms with van der Waals surface area (Å²) in [6.45, 7) is 12.7. The van der Waals surface area contributed by atoms with Crippen LogP contribution in [0.2, 0.25) is 0 Å². The van der Waals surface area contributed by atoms with E-state index in [-0.39, 0.29) is 5.82 Å². The van der Waals surface area contributed by atoms with Crippen LogP contribution in [0.3, 0.4) is 0 Å². The predicted octanol–water partition coefficient (Wildman–Crippen LogP) is 8.51. The fraction of sp³-hybridized carbons (Fsp3) is 0.550. The largest absolute Gasteiger partial charge is 0.493 e. The molecule has 1 unspecified atom stereocenters. The average Bonchev–Trinajstić information content (AvgIpc) is 3.04. The number of aryl methyl sites for hydroxylation is 1. The molecule has 1 saturated carbocycles. The minimum atomic E-state index is -1.15. The van der Waals surface area contributed by atoms with E-state index in [4.69, 9.17) is 14.5 Å². The zero-order chi connectivity index (χ0) is 33.9. The highest BCUT2D eigenvalue weighted by Gasteiger charge is 2.42. The fourth-order valence-corrected chi connectivity index (χ4v) is 7.77. The van der Waals surface area contributed by atoms with E-state index in [2.05, 4.69) is 21.9 Å². The van der Waals surface area contributed by atoms with Crippen LogP contribution in [0.5, 0.6) is 5.75 Å². The van der Waals surface area contributed by atoms with Crippen LogP contribution < -0.4 is 9.64 Å². The summed E-state index contributed by atoms with van der Waals surface area (Å²) in [5.41, 5.74) is 6.15. The number of carbonyl (C=O) groups is 1. The highest BCUT2D eigenvalue weighted by atomic mass is 19.1. The zero-order valence-corrected chi connectivity index (χ0v) is 29.2. The van der Waals surface area contributed by atoms with Gasteiger partial charge in [0, 0.05) is 42.9 Å². The van der Waals surface area contributed by atoms with Crippen LogP contribution in [-0.4, -0.2) is 59.3 Å². The van der Waals surface area contributed by atoms with Crippen LogP contribution in [0.1, 0.15) is 101 Å². The topological polar surface area (TPSA) is 75.1 Å². The first-order valence-corrected chi connectivity index (χ1v) is 17.9. The smallest absolute Gasteiger partial charge is 0.337 e. The monoisotopic (exact) mass is 657 g/mol. The maximum Gasteiger partial charge on any atom is 0.337 e. The van der Waals surface area contributed by atoms with Gasteiger partial charge in [-0.25, -0.2) is 9.18 Å². The number of likely N-dealkylation sites (tertiary alicyclic amines) is 1. The third-order valence-corrected chi connectivity index (χ3v) is 10.5. The molecule has 1 N–H and O–H groups in total. The van der Waals surface area contributed by atoms with Crippen molar-refractivity contribution in [3.05, 3.63) is 76.9 Å². The van der Waals surface area contributed by atoms with E-state index in [0.29, 0.717) is 24.0 Å². The molecule has 1 atom stereocenters. The summed E-state index contributed by atoms with van der Waals surface area (Å²) in [5, 5.41) is 10.7. The Hall–Kier alpha value is -3.49. The molecule has 8 heteroatoms. The second-order valence-electron chi connectivity index (χ2n) is 15.2. The number of hydrogen-bond acceptors (Lipinski definition) is 6. The van der Waals surface area contributed by atoms with E-state index in [1.165, 1.54) is 50.7 Å². The second kappa shape index (κ2) is 14.6. The van der Waals surface area contributed by atoms with Gasteiger partial charge in [0.15, 0.2) is 6.10 Å². The number of aromatic nitrogens is 1. The van der Waals surface area contributed by atoms with Crippen LogP contribution >= 0.6 is 0 Å². The van der Waals surface area contributed by atoms with Crippen molar-refractivity contribution in [2.75, 3.05) is 37.7 Å². The van der Waals surface area contributed by atoms with Crippen molar-refractivity contribution in [2.24, 2.45) is 5.41 Å². The van der Waals surface area contributed by atoms with Crippen LogP contribution in [0.25, 0.3) is 11.1 Å². The Bertz CT molecular complexity index is 1550. The molecule has 0 amide bonds. The van der Waals surface area contributed by atoms with Gasteiger partial charge in [0.2, 0.25) is 0 Å².